The number of piperazine rings is 1. The summed E-state index contributed by atoms with van der Waals surface area (Å²) in [7, 11) is -3.11. The van der Waals surface area contributed by atoms with Crippen molar-refractivity contribution < 1.29 is 13.2 Å². The van der Waals surface area contributed by atoms with Gasteiger partial charge in [-0.1, -0.05) is 42.5 Å². The van der Waals surface area contributed by atoms with E-state index in [1.165, 1.54) is 10.6 Å². The number of amides is 1. The molecule has 0 spiro atoms. The van der Waals surface area contributed by atoms with Gasteiger partial charge in [-0.15, -0.1) is 0 Å². The van der Waals surface area contributed by atoms with Gasteiger partial charge in [-0.05, 0) is 30.2 Å². The first-order valence-corrected chi connectivity index (χ1v) is 11.3. The minimum Gasteiger partial charge on any atom is -0.346 e. The maximum Gasteiger partial charge on any atom is 0.251 e. The van der Waals surface area contributed by atoms with E-state index >= 15 is 0 Å². The van der Waals surface area contributed by atoms with Crippen molar-refractivity contribution in [1.29, 1.82) is 0 Å². The van der Waals surface area contributed by atoms with Crippen LogP contribution in [-0.2, 0) is 16.6 Å². The molecule has 1 saturated heterocycles. The summed E-state index contributed by atoms with van der Waals surface area (Å²) in [6.07, 6.45) is 1.26. The fourth-order valence-electron chi connectivity index (χ4n) is 3.34. The fraction of sp³-hybridized carbons (Fsp3) is 0.381. The molecule has 1 unspecified atom stereocenters. The van der Waals surface area contributed by atoms with Crippen LogP contribution in [0.4, 0.5) is 0 Å². The fourth-order valence-corrected chi connectivity index (χ4v) is 4.17. The van der Waals surface area contributed by atoms with Gasteiger partial charge < -0.3 is 5.32 Å². The lowest BCUT2D eigenvalue weighted by Gasteiger charge is -2.33. The summed E-state index contributed by atoms with van der Waals surface area (Å²) < 4.78 is 24.7. The van der Waals surface area contributed by atoms with Gasteiger partial charge in [0.15, 0.2) is 0 Å². The normalized spacial score (nSPS) is 17.2. The summed E-state index contributed by atoms with van der Waals surface area (Å²) in [6, 6.07) is 17.4. The monoisotopic (exact) mass is 401 g/mol. The molecule has 7 heteroatoms. The lowest BCUT2D eigenvalue weighted by molar-refractivity contribution is 0.0940. The minimum absolute atomic E-state index is 0.0560. The molecule has 28 heavy (non-hydrogen) atoms. The third kappa shape index (κ3) is 5.41. The van der Waals surface area contributed by atoms with Crippen molar-refractivity contribution in [3.05, 3.63) is 71.3 Å². The van der Waals surface area contributed by atoms with E-state index < -0.39 is 10.0 Å². The smallest absolute Gasteiger partial charge is 0.251 e. The molecule has 2 aromatic rings. The molecule has 2 aromatic carbocycles. The molecule has 1 aliphatic rings. The van der Waals surface area contributed by atoms with Crippen molar-refractivity contribution in [2.75, 3.05) is 32.4 Å². The number of rotatable bonds is 6. The third-order valence-corrected chi connectivity index (χ3v) is 6.37. The Morgan fingerprint density at radius 1 is 1.00 bits per heavy atom. The Kier molecular flexibility index (Phi) is 6.49. The molecule has 0 radical (unpaired) electrons. The second-order valence-corrected chi connectivity index (χ2v) is 9.22. The quantitative estimate of drug-likeness (QED) is 0.806. The highest BCUT2D eigenvalue weighted by Crippen LogP contribution is 2.14. The first-order chi connectivity index (χ1) is 13.3. The topological polar surface area (TPSA) is 69.7 Å². The highest BCUT2D eigenvalue weighted by molar-refractivity contribution is 7.88. The molecule has 1 heterocycles. The summed E-state index contributed by atoms with van der Waals surface area (Å²) >= 11 is 0. The van der Waals surface area contributed by atoms with E-state index in [0.717, 1.165) is 17.7 Å². The zero-order valence-electron chi connectivity index (χ0n) is 16.3. The highest BCUT2D eigenvalue weighted by Gasteiger charge is 2.23. The predicted octanol–water partition coefficient (Wildman–Crippen LogP) is 2.25. The van der Waals surface area contributed by atoms with E-state index in [4.69, 9.17) is 0 Å². The first-order valence-electron chi connectivity index (χ1n) is 9.45. The van der Waals surface area contributed by atoms with Crippen LogP contribution in [0.15, 0.2) is 54.6 Å². The summed E-state index contributed by atoms with van der Waals surface area (Å²) in [5.74, 6) is -0.0929. The maximum atomic E-state index is 12.5. The summed E-state index contributed by atoms with van der Waals surface area (Å²) in [5, 5.41) is 3.02. The van der Waals surface area contributed by atoms with Crippen molar-refractivity contribution in [3.63, 3.8) is 0 Å². The van der Waals surface area contributed by atoms with Gasteiger partial charge in [0.1, 0.15) is 0 Å². The van der Waals surface area contributed by atoms with Crippen LogP contribution in [0.2, 0.25) is 0 Å². The van der Waals surface area contributed by atoms with Gasteiger partial charge in [-0.3, -0.25) is 9.69 Å². The van der Waals surface area contributed by atoms with Gasteiger partial charge in [0, 0.05) is 38.3 Å². The molecule has 0 aromatic heterocycles. The van der Waals surface area contributed by atoms with Crippen LogP contribution < -0.4 is 5.32 Å². The Morgan fingerprint density at radius 2 is 1.61 bits per heavy atom. The van der Waals surface area contributed by atoms with E-state index in [-0.39, 0.29) is 11.9 Å². The molecule has 3 rings (SSSR count). The van der Waals surface area contributed by atoms with Crippen molar-refractivity contribution in [1.82, 2.24) is 14.5 Å². The number of carbonyl (C=O) groups is 1. The molecule has 0 saturated carbocycles. The number of hydrogen-bond acceptors (Lipinski definition) is 4. The summed E-state index contributed by atoms with van der Waals surface area (Å²) in [4.78, 5) is 14.7. The summed E-state index contributed by atoms with van der Waals surface area (Å²) in [5.41, 5.74) is 2.81. The third-order valence-electron chi connectivity index (χ3n) is 5.07. The second-order valence-electron chi connectivity index (χ2n) is 7.24. The molecule has 150 valence electrons. The van der Waals surface area contributed by atoms with Gasteiger partial charge in [0.2, 0.25) is 10.0 Å². The van der Waals surface area contributed by atoms with Crippen LogP contribution in [0, 0.1) is 0 Å². The van der Waals surface area contributed by atoms with Crippen molar-refractivity contribution in [2.24, 2.45) is 0 Å². The average molecular weight is 402 g/mol. The van der Waals surface area contributed by atoms with Crippen molar-refractivity contribution >= 4 is 15.9 Å². The van der Waals surface area contributed by atoms with Crippen LogP contribution in [0.1, 0.15) is 34.5 Å². The number of nitrogens with one attached hydrogen (secondary N) is 1. The Bertz CT molecular complexity index is 890. The molecule has 1 aliphatic heterocycles. The zero-order chi connectivity index (χ0) is 20.1. The standard InChI is InChI=1S/C21H27N3O3S/c1-17(19-6-4-3-5-7-19)22-21(25)20-10-8-18(9-11-20)16-23-12-14-24(15-13-23)28(2,26)27/h3-11,17H,12-16H2,1-2H3,(H,22,25). The van der Waals surface area contributed by atoms with Crippen LogP contribution in [0.25, 0.3) is 0 Å². The lowest BCUT2D eigenvalue weighted by Crippen LogP contribution is -2.47. The van der Waals surface area contributed by atoms with E-state index in [2.05, 4.69) is 10.2 Å². The average Bonchev–Trinajstić information content (AvgIpc) is 2.69. The number of carbonyl (C=O) groups excluding carboxylic acids is 1. The van der Waals surface area contributed by atoms with E-state index in [0.29, 0.717) is 31.7 Å². The molecule has 0 aliphatic carbocycles. The molecule has 1 N–H and O–H groups in total. The second kappa shape index (κ2) is 8.86. The van der Waals surface area contributed by atoms with Crippen molar-refractivity contribution in [3.8, 4) is 0 Å². The van der Waals surface area contributed by atoms with Gasteiger partial charge in [-0.2, -0.15) is 4.31 Å². The largest absolute Gasteiger partial charge is 0.346 e. The Morgan fingerprint density at radius 3 is 2.18 bits per heavy atom. The molecule has 1 fully saturated rings. The lowest BCUT2D eigenvalue weighted by atomic mass is 10.1. The highest BCUT2D eigenvalue weighted by atomic mass is 32.2. The molecular weight excluding hydrogens is 374 g/mol. The van der Waals surface area contributed by atoms with E-state index in [1.54, 1.807) is 0 Å². The SMILES string of the molecule is CC(NC(=O)c1ccc(CN2CCN(S(C)(=O)=O)CC2)cc1)c1ccccc1. The molecule has 6 nitrogen and oxygen atoms in total. The van der Waals surface area contributed by atoms with Crippen LogP contribution in [0.5, 0.6) is 0 Å². The molecule has 1 amide bonds. The minimum atomic E-state index is -3.11. The van der Waals surface area contributed by atoms with Crippen molar-refractivity contribution in [2.45, 2.75) is 19.5 Å². The number of benzene rings is 2. The van der Waals surface area contributed by atoms with E-state index in [9.17, 15) is 13.2 Å². The predicted molar refractivity (Wildman–Crippen MR) is 110 cm³/mol. The maximum absolute atomic E-state index is 12.5. The Balaban J connectivity index is 1.53. The Labute approximate surface area is 167 Å². The van der Waals surface area contributed by atoms with Gasteiger partial charge >= 0.3 is 0 Å². The van der Waals surface area contributed by atoms with Gasteiger partial charge in [0.05, 0.1) is 12.3 Å². The van der Waals surface area contributed by atoms with Gasteiger partial charge in [0.25, 0.3) is 5.91 Å². The molecular formula is C21H27N3O3S. The van der Waals surface area contributed by atoms with Gasteiger partial charge in [-0.25, -0.2) is 8.42 Å². The van der Waals surface area contributed by atoms with Crippen LogP contribution in [0.3, 0.4) is 0 Å². The first kappa shape index (κ1) is 20.5. The van der Waals surface area contributed by atoms with Crippen LogP contribution >= 0.6 is 0 Å². The number of sulfonamides is 1. The van der Waals surface area contributed by atoms with E-state index in [1.807, 2.05) is 61.5 Å². The summed E-state index contributed by atoms with van der Waals surface area (Å²) in [6.45, 7) is 5.19. The molecule has 1 atom stereocenters. The molecule has 0 bridgehead atoms. The Hall–Kier alpha value is -2.22. The zero-order valence-corrected chi connectivity index (χ0v) is 17.2. The number of nitrogens with zero attached hydrogens (tertiary/aromatic N) is 2. The number of hydrogen-bond donors (Lipinski definition) is 1. The van der Waals surface area contributed by atoms with Crippen LogP contribution in [-0.4, -0.2) is 56.0 Å².